The van der Waals surface area contributed by atoms with Gasteiger partial charge in [0.1, 0.15) is 20.3 Å². The zero-order valence-corrected chi connectivity index (χ0v) is 26.5. The van der Waals surface area contributed by atoms with Crippen LogP contribution >= 0.6 is 0 Å². The summed E-state index contributed by atoms with van der Waals surface area (Å²) in [5.41, 5.74) is 7.54. The fourth-order valence-corrected chi connectivity index (χ4v) is 5.44. The van der Waals surface area contributed by atoms with Gasteiger partial charge in [0.2, 0.25) is 11.2 Å². The van der Waals surface area contributed by atoms with Crippen LogP contribution in [0.15, 0.2) is 91.0 Å². The molecule has 0 aliphatic rings. The summed E-state index contributed by atoms with van der Waals surface area (Å²) in [6.07, 6.45) is 0. The number of anilines is 3. The van der Waals surface area contributed by atoms with E-state index in [0.717, 1.165) is 55.5 Å². The number of ether oxygens (including phenoxy) is 3. The summed E-state index contributed by atoms with van der Waals surface area (Å²) >= 11 is 0. The minimum absolute atomic E-state index is 0.115. The van der Waals surface area contributed by atoms with Crippen LogP contribution in [0.3, 0.4) is 0 Å². The lowest BCUT2D eigenvalue weighted by Crippen LogP contribution is -2.35. The minimum Gasteiger partial charge on any atom is -0.459 e. The van der Waals surface area contributed by atoms with Crippen LogP contribution in [0.25, 0.3) is 32.7 Å². The number of carbonyl (C=O) groups is 3. The normalized spacial score (nSPS) is 11.1. The second-order valence-corrected chi connectivity index (χ2v) is 11.2. The van der Waals surface area contributed by atoms with Crippen molar-refractivity contribution in [1.29, 1.82) is 0 Å². The molecule has 0 atom stereocenters. The van der Waals surface area contributed by atoms with E-state index >= 15 is 0 Å². The molecule has 0 fully saturated rings. The molecule has 47 heavy (non-hydrogen) atoms. The van der Waals surface area contributed by atoms with E-state index in [0.29, 0.717) is 11.4 Å². The molecular weight excluding hydrogens is 596 g/mol. The molecule has 236 valence electrons. The summed E-state index contributed by atoms with van der Waals surface area (Å²) in [4.78, 5) is 45.5. The smallest absolute Gasteiger partial charge is 0.303 e. The Morgan fingerprint density at radius 2 is 1.02 bits per heavy atom. The van der Waals surface area contributed by atoms with Crippen molar-refractivity contribution in [2.24, 2.45) is 7.05 Å². The van der Waals surface area contributed by atoms with Gasteiger partial charge in [-0.2, -0.15) is 4.57 Å². The van der Waals surface area contributed by atoms with Crippen molar-refractivity contribution in [3.05, 3.63) is 108 Å². The Morgan fingerprint density at radius 1 is 0.574 bits per heavy atom. The highest BCUT2D eigenvalue weighted by Gasteiger charge is 2.19. The summed E-state index contributed by atoms with van der Waals surface area (Å²) in [5.74, 6) is -1.03. The summed E-state index contributed by atoms with van der Waals surface area (Å²) in [6, 6.07) is 30.0. The Bertz CT molecular complexity index is 2080. The van der Waals surface area contributed by atoms with Crippen molar-refractivity contribution in [1.82, 2.24) is 9.97 Å². The van der Waals surface area contributed by atoms with Crippen molar-refractivity contribution < 1.29 is 33.2 Å². The van der Waals surface area contributed by atoms with Crippen LogP contribution in [-0.4, -0.2) is 27.9 Å². The third kappa shape index (κ3) is 7.01. The molecule has 0 radical (unpaired) electrons. The number of esters is 3. The molecule has 10 heteroatoms. The fourth-order valence-electron chi connectivity index (χ4n) is 5.44. The van der Waals surface area contributed by atoms with Crippen molar-refractivity contribution >= 4 is 67.7 Å². The van der Waals surface area contributed by atoms with Gasteiger partial charge in [-0.15, -0.1) is 0 Å². The first-order valence-electron chi connectivity index (χ1n) is 15.1. The van der Waals surface area contributed by atoms with Gasteiger partial charge >= 0.3 is 17.9 Å². The molecule has 3 aromatic heterocycles. The molecule has 10 nitrogen and oxygen atoms in total. The van der Waals surface area contributed by atoms with E-state index in [2.05, 4.69) is 45.2 Å². The maximum Gasteiger partial charge on any atom is 0.303 e. The predicted molar refractivity (Wildman–Crippen MR) is 177 cm³/mol. The number of aromatic nitrogens is 3. The van der Waals surface area contributed by atoms with Gasteiger partial charge in [0.25, 0.3) is 0 Å². The van der Waals surface area contributed by atoms with Gasteiger partial charge in [-0.1, -0.05) is 12.1 Å². The van der Waals surface area contributed by atoms with E-state index in [1.54, 1.807) is 0 Å². The Kier molecular flexibility index (Phi) is 8.75. The van der Waals surface area contributed by atoms with Crippen molar-refractivity contribution in [3.63, 3.8) is 0 Å². The number of nitrogens with zero attached hydrogens (tertiary/aromatic N) is 4. The number of fused-ring (bicyclic) bond motifs is 3. The fraction of sp³-hybridized carbons (Fsp3) is 0.189. The van der Waals surface area contributed by atoms with Crippen LogP contribution in [0.5, 0.6) is 0 Å². The van der Waals surface area contributed by atoms with Crippen LogP contribution in [0, 0.1) is 0 Å². The molecule has 6 rings (SSSR count). The molecule has 3 heterocycles. The highest BCUT2D eigenvalue weighted by molar-refractivity contribution is 5.92. The first kappa shape index (κ1) is 31.1. The zero-order chi connectivity index (χ0) is 33.1. The lowest BCUT2D eigenvalue weighted by atomic mass is 10.1. The summed E-state index contributed by atoms with van der Waals surface area (Å²) in [7, 11) is 1.96. The first-order valence-corrected chi connectivity index (χ1v) is 15.1. The number of aryl methyl sites for hydroxylation is 1. The average molecular weight is 630 g/mol. The number of carbonyl (C=O) groups excluding carboxylic acids is 3. The van der Waals surface area contributed by atoms with E-state index in [4.69, 9.17) is 14.2 Å². The Balaban J connectivity index is 1.43. The predicted octanol–water partition coefficient (Wildman–Crippen LogP) is 6.42. The molecule has 0 bridgehead atoms. The molecule has 0 saturated carbocycles. The topological polar surface area (TPSA) is 112 Å². The van der Waals surface area contributed by atoms with Crippen LogP contribution in [0.2, 0.25) is 0 Å². The molecule has 0 N–H and O–H groups in total. The summed E-state index contributed by atoms with van der Waals surface area (Å²) < 4.78 is 17.5. The van der Waals surface area contributed by atoms with Gasteiger partial charge in [0.05, 0.1) is 22.4 Å². The molecule has 0 amide bonds. The third-order valence-electron chi connectivity index (χ3n) is 7.76. The largest absolute Gasteiger partial charge is 0.459 e. The lowest BCUT2D eigenvalue weighted by molar-refractivity contribution is -0.654. The molecule has 0 aliphatic carbocycles. The van der Waals surface area contributed by atoms with E-state index in [-0.39, 0.29) is 37.7 Å². The van der Waals surface area contributed by atoms with Crippen LogP contribution in [0.1, 0.15) is 37.9 Å². The van der Waals surface area contributed by atoms with Crippen LogP contribution in [0.4, 0.5) is 17.1 Å². The Morgan fingerprint density at radius 3 is 1.53 bits per heavy atom. The molecule has 0 spiro atoms. The third-order valence-corrected chi connectivity index (χ3v) is 7.76. The number of hydrogen-bond acceptors (Lipinski definition) is 9. The zero-order valence-electron chi connectivity index (χ0n) is 26.5. The van der Waals surface area contributed by atoms with Gasteiger partial charge in [-0.05, 0) is 66.7 Å². The number of benzene rings is 3. The number of hydrogen-bond donors (Lipinski definition) is 0. The SMILES string of the molecule is CC(=O)OCc1ccc2cc(N(c3ccc4nc(COC(C)=O)ccc4c3)c3ccc4c(ccc(COC(C)=O)[n+]4C)c3)ccc2n1. The lowest BCUT2D eigenvalue weighted by Gasteiger charge is -2.26. The van der Waals surface area contributed by atoms with E-state index in [9.17, 15) is 14.4 Å². The second-order valence-electron chi connectivity index (χ2n) is 11.2. The monoisotopic (exact) mass is 629 g/mol. The number of pyridine rings is 3. The highest BCUT2D eigenvalue weighted by Crippen LogP contribution is 2.38. The van der Waals surface area contributed by atoms with Gasteiger partial charge < -0.3 is 19.1 Å². The molecule has 0 saturated heterocycles. The quantitative estimate of drug-likeness (QED) is 0.102. The molecule has 3 aromatic carbocycles. The maximum absolute atomic E-state index is 11.4. The number of rotatable bonds is 9. The highest BCUT2D eigenvalue weighted by atomic mass is 16.5. The van der Waals surface area contributed by atoms with Crippen LogP contribution < -0.4 is 9.47 Å². The van der Waals surface area contributed by atoms with E-state index < -0.39 is 0 Å². The molecule has 0 aliphatic heterocycles. The van der Waals surface area contributed by atoms with Crippen molar-refractivity contribution in [2.45, 2.75) is 40.6 Å². The first-order chi connectivity index (χ1) is 22.6. The molecule has 6 aromatic rings. The van der Waals surface area contributed by atoms with E-state index in [1.165, 1.54) is 20.8 Å². The van der Waals surface area contributed by atoms with Crippen LogP contribution in [-0.2, 0) is 55.5 Å². The summed E-state index contributed by atoms with van der Waals surface area (Å²) in [5, 5.41) is 2.87. The van der Waals surface area contributed by atoms with Crippen molar-refractivity contribution in [3.8, 4) is 0 Å². The average Bonchev–Trinajstić information content (AvgIpc) is 3.06. The van der Waals surface area contributed by atoms with Gasteiger partial charge in [0.15, 0.2) is 6.61 Å². The Labute approximate surface area is 271 Å². The van der Waals surface area contributed by atoms with Gasteiger partial charge in [-0.25, -0.2) is 9.97 Å². The van der Waals surface area contributed by atoms with Crippen molar-refractivity contribution in [2.75, 3.05) is 4.90 Å². The summed E-state index contributed by atoms with van der Waals surface area (Å²) in [6.45, 7) is 4.57. The maximum atomic E-state index is 11.4. The molecule has 0 unspecified atom stereocenters. The van der Waals surface area contributed by atoms with Gasteiger partial charge in [-0.3, -0.25) is 14.4 Å². The second kappa shape index (κ2) is 13.2. The van der Waals surface area contributed by atoms with Gasteiger partial charge in [0, 0.05) is 66.1 Å². The minimum atomic E-state index is -0.353. The Hall–Kier alpha value is -5.90. The standard InChI is InChI=1S/C37H33N4O6/c1-23(42)45-20-29-8-5-26-17-31(11-14-35(26)38-29)41(32-12-15-36-27(18-32)6-9-30(39-36)21-46-24(2)43)33-13-16-37-28(19-33)7-10-34(40(37)4)22-47-25(3)44/h5-19H,20-22H2,1-4H3/q+1. The molecular formula is C37H33N4O6+. The van der Waals surface area contributed by atoms with E-state index in [1.807, 2.05) is 72.3 Å².